The summed E-state index contributed by atoms with van der Waals surface area (Å²) in [7, 11) is 0. The fourth-order valence-corrected chi connectivity index (χ4v) is 3.94. The lowest BCUT2D eigenvalue weighted by atomic mass is 9.69. The predicted molar refractivity (Wildman–Crippen MR) is 114 cm³/mol. The van der Waals surface area contributed by atoms with E-state index in [1.54, 1.807) is 0 Å². The number of imidazole rings is 1. The molecule has 0 fully saturated rings. The topological polar surface area (TPSA) is 54.7 Å². The van der Waals surface area contributed by atoms with Crippen LogP contribution in [0.2, 0.25) is 0 Å². The average molecular weight is 367 g/mol. The van der Waals surface area contributed by atoms with Gasteiger partial charge < -0.3 is 10.7 Å². The Morgan fingerprint density at radius 3 is 1.61 bits per heavy atom. The van der Waals surface area contributed by atoms with Crippen molar-refractivity contribution >= 4 is 0 Å². The highest BCUT2D eigenvalue weighted by molar-refractivity contribution is 5.56. The highest BCUT2D eigenvalue weighted by Gasteiger charge is 2.40. The van der Waals surface area contributed by atoms with Crippen LogP contribution in [0.4, 0.5) is 0 Å². The van der Waals surface area contributed by atoms with Crippen molar-refractivity contribution in [2.24, 2.45) is 5.73 Å². The van der Waals surface area contributed by atoms with E-state index >= 15 is 0 Å². The minimum absolute atomic E-state index is 0.509. The van der Waals surface area contributed by atoms with E-state index in [4.69, 9.17) is 10.7 Å². The van der Waals surface area contributed by atoms with Crippen LogP contribution in [0.3, 0.4) is 0 Å². The molecule has 3 heteroatoms. The molecule has 4 aromatic rings. The Bertz CT molecular complexity index is 895. The second-order valence-electron chi connectivity index (χ2n) is 7.00. The van der Waals surface area contributed by atoms with Crippen LogP contribution < -0.4 is 5.73 Å². The third kappa shape index (κ3) is 3.25. The van der Waals surface area contributed by atoms with Gasteiger partial charge in [0.2, 0.25) is 0 Å². The molecule has 140 valence electrons. The lowest BCUT2D eigenvalue weighted by molar-refractivity contribution is 0.687. The molecule has 0 saturated heterocycles. The molecule has 1 heterocycles. The Morgan fingerprint density at radius 2 is 1.18 bits per heavy atom. The SMILES string of the molecule is NCCCc1cnc(C(c2ccccc2)(c2ccccc2)c2ccccc2)[nH]1. The molecule has 0 atom stereocenters. The van der Waals surface area contributed by atoms with E-state index < -0.39 is 5.41 Å². The number of aryl methyl sites for hydroxylation is 1. The van der Waals surface area contributed by atoms with Crippen LogP contribution in [0.25, 0.3) is 0 Å². The maximum Gasteiger partial charge on any atom is 0.125 e. The molecule has 0 unspecified atom stereocenters. The molecule has 3 aromatic carbocycles. The number of hydrogen-bond donors (Lipinski definition) is 2. The fourth-order valence-electron chi connectivity index (χ4n) is 3.94. The summed E-state index contributed by atoms with van der Waals surface area (Å²) >= 11 is 0. The average Bonchev–Trinajstić information content (AvgIpc) is 3.24. The molecular weight excluding hydrogens is 342 g/mol. The molecule has 4 rings (SSSR count). The van der Waals surface area contributed by atoms with Gasteiger partial charge in [-0.1, -0.05) is 91.0 Å². The van der Waals surface area contributed by atoms with E-state index in [2.05, 4.69) is 96.0 Å². The molecule has 0 bridgehead atoms. The van der Waals surface area contributed by atoms with Crippen LogP contribution in [0.1, 0.15) is 34.6 Å². The fraction of sp³-hybridized carbons (Fsp3) is 0.160. The summed E-state index contributed by atoms with van der Waals surface area (Å²) in [6, 6.07) is 31.8. The van der Waals surface area contributed by atoms with Gasteiger partial charge in [-0.2, -0.15) is 0 Å². The Kier molecular flexibility index (Phi) is 5.36. The number of nitrogens with one attached hydrogen (secondary N) is 1. The maximum atomic E-state index is 5.71. The lowest BCUT2D eigenvalue weighted by Crippen LogP contribution is -2.32. The van der Waals surface area contributed by atoms with Crippen molar-refractivity contribution in [1.29, 1.82) is 0 Å². The number of hydrogen-bond acceptors (Lipinski definition) is 2. The third-order valence-corrected chi connectivity index (χ3v) is 5.25. The third-order valence-electron chi connectivity index (χ3n) is 5.25. The molecule has 3 nitrogen and oxygen atoms in total. The number of aromatic nitrogens is 2. The summed E-state index contributed by atoms with van der Waals surface area (Å²) in [6.45, 7) is 0.676. The summed E-state index contributed by atoms with van der Waals surface area (Å²) in [4.78, 5) is 8.49. The summed E-state index contributed by atoms with van der Waals surface area (Å²) in [5.74, 6) is 0.933. The van der Waals surface area contributed by atoms with Crippen molar-refractivity contribution in [3.05, 3.63) is 125 Å². The summed E-state index contributed by atoms with van der Waals surface area (Å²) < 4.78 is 0. The zero-order valence-corrected chi connectivity index (χ0v) is 15.9. The number of nitrogens with two attached hydrogens (primary N) is 1. The normalized spacial score (nSPS) is 11.5. The van der Waals surface area contributed by atoms with Crippen LogP contribution in [-0.2, 0) is 11.8 Å². The highest BCUT2D eigenvalue weighted by atomic mass is 14.9. The van der Waals surface area contributed by atoms with Crippen molar-refractivity contribution < 1.29 is 0 Å². The molecule has 1 aromatic heterocycles. The van der Waals surface area contributed by atoms with Crippen LogP contribution in [0.15, 0.2) is 97.2 Å². The van der Waals surface area contributed by atoms with E-state index in [1.807, 2.05) is 6.20 Å². The van der Waals surface area contributed by atoms with Crippen LogP contribution in [-0.4, -0.2) is 16.5 Å². The number of rotatable bonds is 7. The van der Waals surface area contributed by atoms with E-state index in [0.717, 1.165) is 24.4 Å². The quantitative estimate of drug-likeness (QED) is 0.466. The Labute approximate surface area is 166 Å². The number of benzene rings is 3. The van der Waals surface area contributed by atoms with Crippen LogP contribution >= 0.6 is 0 Å². The molecule has 0 aliphatic rings. The highest BCUT2D eigenvalue weighted by Crippen LogP contribution is 2.43. The van der Waals surface area contributed by atoms with Crippen LogP contribution in [0.5, 0.6) is 0 Å². The zero-order chi connectivity index (χ0) is 19.2. The standard InChI is InChI=1S/C25H25N3/c26-18-10-17-23-19-27-24(28-23)25(20-11-4-1-5-12-20,21-13-6-2-7-14-21)22-15-8-3-9-16-22/h1-9,11-16,19H,10,17-18,26H2,(H,27,28). The van der Waals surface area contributed by atoms with Crippen molar-refractivity contribution in [2.45, 2.75) is 18.3 Å². The van der Waals surface area contributed by atoms with Gasteiger partial charge >= 0.3 is 0 Å². The Hall–Kier alpha value is -3.17. The molecule has 0 aliphatic carbocycles. The molecule has 0 radical (unpaired) electrons. The maximum absolute atomic E-state index is 5.71. The van der Waals surface area contributed by atoms with E-state index in [-0.39, 0.29) is 0 Å². The van der Waals surface area contributed by atoms with Gasteiger partial charge in [-0.05, 0) is 36.1 Å². The first-order valence-corrected chi connectivity index (χ1v) is 9.76. The number of H-pyrrole nitrogens is 1. The van der Waals surface area contributed by atoms with Gasteiger partial charge in [0.25, 0.3) is 0 Å². The zero-order valence-electron chi connectivity index (χ0n) is 15.9. The molecule has 0 saturated carbocycles. The van der Waals surface area contributed by atoms with Gasteiger partial charge in [0, 0.05) is 11.9 Å². The monoisotopic (exact) mass is 367 g/mol. The van der Waals surface area contributed by atoms with Crippen molar-refractivity contribution in [1.82, 2.24) is 9.97 Å². The summed E-state index contributed by atoms with van der Waals surface area (Å²) in [6.07, 6.45) is 3.79. The van der Waals surface area contributed by atoms with Gasteiger partial charge in [-0.15, -0.1) is 0 Å². The first-order valence-electron chi connectivity index (χ1n) is 9.76. The van der Waals surface area contributed by atoms with Gasteiger partial charge in [-0.3, -0.25) is 0 Å². The molecular formula is C25H25N3. The van der Waals surface area contributed by atoms with E-state index in [0.29, 0.717) is 6.54 Å². The molecule has 0 amide bonds. The minimum atomic E-state index is -0.509. The van der Waals surface area contributed by atoms with Gasteiger partial charge in [0.15, 0.2) is 0 Å². The molecule has 3 N–H and O–H groups in total. The number of aromatic amines is 1. The van der Waals surface area contributed by atoms with Crippen molar-refractivity contribution in [2.75, 3.05) is 6.54 Å². The second kappa shape index (κ2) is 8.24. The van der Waals surface area contributed by atoms with Crippen molar-refractivity contribution in [3.63, 3.8) is 0 Å². The predicted octanol–water partition coefficient (Wildman–Crippen LogP) is 4.68. The second-order valence-corrected chi connectivity index (χ2v) is 7.00. The summed E-state index contributed by atoms with van der Waals surface area (Å²) in [5, 5.41) is 0. The first kappa shape index (κ1) is 18.2. The van der Waals surface area contributed by atoms with E-state index in [9.17, 15) is 0 Å². The minimum Gasteiger partial charge on any atom is -0.345 e. The van der Waals surface area contributed by atoms with Gasteiger partial charge in [0.05, 0.1) is 0 Å². The van der Waals surface area contributed by atoms with Crippen molar-refractivity contribution in [3.8, 4) is 0 Å². The van der Waals surface area contributed by atoms with Crippen LogP contribution in [0, 0.1) is 0 Å². The molecule has 28 heavy (non-hydrogen) atoms. The smallest absolute Gasteiger partial charge is 0.125 e. The Morgan fingerprint density at radius 1 is 0.714 bits per heavy atom. The Balaban J connectivity index is 2.00. The molecule has 0 aliphatic heterocycles. The largest absolute Gasteiger partial charge is 0.345 e. The van der Waals surface area contributed by atoms with Gasteiger partial charge in [-0.25, -0.2) is 4.98 Å². The first-order chi connectivity index (χ1) is 13.9. The number of nitrogens with zero attached hydrogens (tertiary/aromatic N) is 1. The van der Waals surface area contributed by atoms with E-state index in [1.165, 1.54) is 16.7 Å². The molecule has 0 spiro atoms. The summed E-state index contributed by atoms with van der Waals surface area (Å²) in [5.41, 5.74) is 9.88. The van der Waals surface area contributed by atoms with Gasteiger partial charge in [0.1, 0.15) is 11.2 Å². The lowest BCUT2D eigenvalue weighted by Gasteiger charge is -2.34.